The Morgan fingerprint density at radius 1 is 1.06 bits per heavy atom. The summed E-state index contributed by atoms with van der Waals surface area (Å²) >= 11 is 0. The van der Waals surface area contributed by atoms with Crippen LogP contribution in [0.3, 0.4) is 0 Å². The number of hydrogen-bond acceptors (Lipinski definition) is 1. The lowest BCUT2D eigenvalue weighted by Gasteiger charge is -2.06. The maximum atomic E-state index is 4.47. The maximum absolute atomic E-state index is 4.47. The Kier molecular flexibility index (Phi) is 1.90. The molecule has 2 aromatic rings. The molecule has 0 amide bonds. The van der Waals surface area contributed by atoms with Gasteiger partial charge in [0.1, 0.15) is 0 Å². The first-order chi connectivity index (χ1) is 7.66. The van der Waals surface area contributed by atoms with Gasteiger partial charge >= 0.3 is 0 Å². The van der Waals surface area contributed by atoms with Crippen molar-refractivity contribution >= 4 is 0 Å². The van der Waals surface area contributed by atoms with Crippen LogP contribution in [0.1, 0.15) is 27.9 Å². The van der Waals surface area contributed by atoms with Crippen molar-refractivity contribution in [1.82, 2.24) is 4.98 Å². The summed E-state index contributed by atoms with van der Waals surface area (Å²) in [4.78, 5) is 4.47. The molecule has 0 saturated carbocycles. The van der Waals surface area contributed by atoms with Crippen LogP contribution >= 0.6 is 0 Å². The predicted molar refractivity (Wildman–Crippen MR) is 66.7 cm³/mol. The van der Waals surface area contributed by atoms with E-state index in [0.717, 1.165) is 12.1 Å². The summed E-state index contributed by atoms with van der Waals surface area (Å²) in [5, 5.41) is 0. The number of benzene rings is 1. The Labute approximate surface area is 96.2 Å². The van der Waals surface area contributed by atoms with Crippen molar-refractivity contribution in [1.29, 1.82) is 0 Å². The zero-order valence-electron chi connectivity index (χ0n) is 9.96. The van der Waals surface area contributed by atoms with E-state index in [-0.39, 0.29) is 0 Å². The van der Waals surface area contributed by atoms with Crippen LogP contribution < -0.4 is 0 Å². The van der Waals surface area contributed by atoms with Crippen LogP contribution in [0.25, 0.3) is 11.1 Å². The molecular weight excluding hydrogens is 194 g/mol. The highest BCUT2D eigenvalue weighted by atomic mass is 14.7. The van der Waals surface area contributed by atoms with E-state index in [9.17, 15) is 0 Å². The van der Waals surface area contributed by atoms with Crippen molar-refractivity contribution in [3.8, 4) is 11.1 Å². The molecule has 1 heteroatoms. The van der Waals surface area contributed by atoms with Crippen molar-refractivity contribution in [2.75, 3.05) is 0 Å². The highest BCUT2D eigenvalue weighted by Gasteiger charge is 2.20. The first-order valence-electron chi connectivity index (χ1n) is 5.72. The normalized spacial score (nSPS) is 12.4. The van der Waals surface area contributed by atoms with E-state index in [1.807, 2.05) is 6.20 Å². The number of nitrogens with zero attached hydrogens (tertiary/aromatic N) is 1. The van der Waals surface area contributed by atoms with Gasteiger partial charge in [-0.3, -0.25) is 4.98 Å². The molecule has 0 unspecified atom stereocenters. The van der Waals surface area contributed by atoms with Crippen molar-refractivity contribution in [3.63, 3.8) is 0 Å². The van der Waals surface area contributed by atoms with E-state index >= 15 is 0 Å². The monoisotopic (exact) mass is 209 g/mol. The number of hydrogen-bond donors (Lipinski definition) is 0. The van der Waals surface area contributed by atoms with Crippen LogP contribution in [0.5, 0.6) is 0 Å². The van der Waals surface area contributed by atoms with E-state index in [4.69, 9.17) is 0 Å². The lowest BCUT2D eigenvalue weighted by Crippen LogP contribution is -1.93. The molecular formula is C15H15N. The summed E-state index contributed by atoms with van der Waals surface area (Å²) in [5.74, 6) is 0. The van der Waals surface area contributed by atoms with Crippen molar-refractivity contribution in [2.45, 2.75) is 27.2 Å². The molecule has 0 atom stereocenters. The zero-order chi connectivity index (χ0) is 11.3. The highest BCUT2D eigenvalue weighted by molar-refractivity contribution is 5.77. The Morgan fingerprint density at radius 3 is 2.69 bits per heavy atom. The third kappa shape index (κ3) is 1.21. The highest BCUT2D eigenvalue weighted by Crippen LogP contribution is 2.38. The van der Waals surface area contributed by atoms with E-state index in [2.05, 4.69) is 44.0 Å². The number of rotatable bonds is 0. The number of aromatic nitrogens is 1. The van der Waals surface area contributed by atoms with Crippen molar-refractivity contribution in [3.05, 3.63) is 52.3 Å². The average Bonchev–Trinajstić information content (AvgIpc) is 2.62. The summed E-state index contributed by atoms with van der Waals surface area (Å²) in [5.41, 5.74) is 9.47. The zero-order valence-corrected chi connectivity index (χ0v) is 9.96. The van der Waals surface area contributed by atoms with Gasteiger partial charge in [0.2, 0.25) is 0 Å². The third-order valence-corrected chi connectivity index (χ3v) is 3.63. The standard InChI is InChI=1S/C15H15N/c1-9-4-5-13-12(6-9)7-14-10(2)11(3)16-8-15(13)14/h4-6,8H,7H2,1-3H3. The molecule has 80 valence electrons. The smallest absolute Gasteiger partial charge is 0.0405 e. The molecule has 0 spiro atoms. The Bertz CT molecular complexity index is 582. The first kappa shape index (κ1) is 9.59. The van der Waals surface area contributed by atoms with Gasteiger partial charge in [0.25, 0.3) is 0 Å². The van der Waals surface area contributed by atoms with Crippen molar-refractivity contribution < 1.29 is 0 Å². The van der Waals surface area contributed by atoms with Gasteiger partial charge in [0.15, 0.2) is 0 Å². The summed E-state index contributed by atoms with van der Waals surface area (Å²) < 4.78 is 0. The third-order valence-electron chi connectivity index (χ3n) is 3.63. The van der Waals surface area contributed by atoms with Crippen LogP contribution in [0.4, 0.5) is 0 Å². The van der Waals surface area contributed by atoms with Crippen LogP contribution in [-0.2, 0) is 6.42 Å². The molecule has 1 aliphatic carbocycles. The van der Waals surface area contributed by atoms with Crippen LogP contribution in [0.15, 0.2) is 24.4 Å². The largest absolute Gasteiger partial charge is 0.261 e. The Morgan fingerprint density at radius 2 is 1.88 bits per heavy atom. The molecule has 0 aliphatic heterocycles. The molecule has 0 radical (unpaired) electrons. The van der Waals surface area contributed by atoms with Gasteiger partial charge in [-0.05, 0) is 49.4 Å². The SMILES string of the molecule is Cc1ccc2c(c1)Cc1c-2cnc(C)c1C. The molecule has 0 bridgehead atoms. The molecule has 0 N–H and O–H groups in total. The second-order valence-electron chi connectivity index (χ2n) is 4.70. The van der Waals surface area contributed by atoms with E-state index in [1.165, 1.54) is 33.4 Å². The molecule has 0 fully saturated rings. The number of pyridine rings is 1. The molecule has 1 aromatic carbocycles. The molecule has 16 heavy (non-hydrogen) atoms. The molecule has 1 heterocycles. The quantitative estimate of drug-likeness (QED) is 0.551. The van der Waals surface area contributed by atoms with Gasteiger partial charge in [0.05, 0.1) is 0 Å². The second kappa shape index (κ2) is 3.18. The fourth-order valence-corrected chi connectivity index (χ4v) is 2.54. The van der Waals surface area contributed by atoms with Crippen LogP contribution in [-0.4, -0.2) is 4.98 Å². The number of fused-ring (bicyclic) bond motifs is 3. The predicted octanol–water partition coefficient (Wildman–Crippen LogP) is 3.58. The molecule has 3 rings (SSSR count). The van der Waals surface area contributed by atoms with Crippen LogP contribution in [0.2, 0.25) is 0 Å². The average molecular weight is 209 g/mol. The lowest BCUT2D eigenvalue weighted by atomic mass is 10.0. The lowest BCUT2D eigenvalue weighted by molar-refractivity contribution is 1.10. The molecule has 1 aromatic heterocycles. The number of aryl methyl sites for hydroxylation is 2. The van der Waals surface area contributed by atoms with Gasteiger partial charge in [-0.2, -0.15) is 0 Å². The topological polar surface area (TPSA) is 12.9 Å². The first-order valence-corrected chi connectivity index (χ1v) is 5.72. The molecule has 0 saturated heterocycles. The van der Waals surface area contributed by atoms with Gasteiger partial charge in [-0.25, -0.2) is 0 Å². The minimum Gasteiger partial charge on any atom is -0.261 e. The van der Waals surface area contributed by atoms with E-state index < -0.39 is 0 Å². The van der Waals surface area contributed by atoms with Gasteiger partial charge in [-0.1, -0.05) is 23.8 Å². The summed E-state index contributed by atoms with van der Waals surface area (Å²) in [6, 6.07) is 6.71. The molecule has 1 nitrogen and oxygen atoms in total. The summed E-state index contributed by atoms with van der Waals surface area (Å²) in [6.07, 6.45) is 3.10. The maximum Gasteiger partial charge on any atom is 0.0405 e. The van der Waals surface area contributed by atoms with Crippen molar-refractivity contribution in [2.24, 2.45) is 0 Å². The minimum atomic E-state index is 1.07. The molecule has 1 aliphatic rings. The fourth-order valence-electron chi connectivity index (χ4n) is 2.54. The Hall–Kier alpha value is -1.63. The van der Waals surface area contributed by atoms with Gasteiger partial charge in [-0.15, -0.1) is 0 Å². The van der Waals surface area contributed by atoms with Gasteiger partial charge in [0, 0.05) is 17.5 Å². The Balaban J connectivity index is 2.27. The van der Waals surface area contributed by atoms with Crippen LogP contribution in [0, 0.1) is 20.8 Å². The summed E-state index contributed by atoms with van der Waals surface area (Å²) in [7, 11) is 0. The van der Waals surface area contributed by atoms with Gasteiger partial charge < -0.3 is 0 Å². The minimum absolute atomic E-state index is 1.07. The van der Waals surface area contributed by atoms with E-state index in [0.29, 0.717) is 0 Å². The van der Waals surface area contributed by atoms with E-state index in [1.54, 1.807) is 0 Å². The fraction of sp³-hybridized carbons (Fsp3) is 0.267. The second-order valence-corrected chi connectivity index (χ2v) is 4.70. The summed E-state index contributed by atoms with van der Waals surface area (Å²) in [6.45, 7) is 6.42.